The Labute approximate surface area is 141 Å². The van der Waals surface area contributed by atoms with Crippen molar-refractivity contribution in [2.45, 2.75) is 72.3 Å². The van der Waals surface area contributed by atoms with Crippen LogP contribution in [0.2, 0.25) is 0 Å². The Morgan fingerprint density at radius 2 is 1.70 bits per heavy atom. The summed E-state index contributed by atoms with van der Waals surface area (Å²) in [5.41, 5.74) is -0.356. The van der Waals surface area contributed by atoms with E-state index in [0.717, 1.165) is 45.3 Å². The molecule has 4 heteroatoms. The van der Waals surface area contributed by atoms with Crippen LogP contribution in [0.4, 0.5) is 0 Å². The van der Waals surface area contributed by atoms with Gasteiger partial charge in [0.25, 0.3) is 0 Å². The van der Waals surface area contributed by atoms with Gasteiger partial charge in [0.2, 0.25) is 5.91 Å². The van der Waals surface area contributed by atoms with Crippen LogP contribution in [0, 0.1) is 17.3 Å². The average molecular weight is 322 g/mol. The van der Waals surface area contributed by atoms with Crippen molar-refractivity contribution in [3.05, 3.63) is 0 Å². The lowest BCUT2D eigenvalue weighted by Crippen LogP contribution is -2.46. The van der Waals surface area contributed by atoms with E-state index in [-0.39, 0.29) is 28.9 Å². The molecule has 1 aliphatic heterocycles. The van der Waals surface area contributed by atoms with E-state index >= 15 is 0 Å². The summed E-state index contributed by atoms with van der Waals surface area (Å²) >= 11 is 0. The molecule has 0 unspecified atom stereocenters. The highest BCUT2D eigenvalue weighted by Crippen LogP contribution is 2.35. The van der Waals surface area contributed by atoms with E-state index in [1.807, 2.05) is 20.8 Å². The highest BCUT2D eigenvalue weighted by atomic mass is 16.2. The Kier molecular flexibility index (Phi) is 6.24. The number of rotatable bonds is 5. The molecule has 0 aromatic heterocycles. The first-order chi connectivity index (χ1) is 10.8. The lowest BCUT2D eigenvalue weighted by Gasteiger charge is -2.34. The zero-order chi connectivity index (χ0) is 17.0. The van der Waals surface area contributed by atoms with Crippen LogP contribution < -0.4 is 5.32 Å². The van der Waals surface area contributed by atoms with Crippen molar-refractivity contribution >= 4 is 11.7 Å². The zero-order valence-corrected chi connectivity index (χ0v) is 15.4. The number of likely N-dealkylation sites (N-methyl/N-ethyl adjacent to an activating group) is 1. The molecule has 23 heavy (non-hydrogen) atoms. The van der Waals surface area contributed by atoms with Crippen molar-refractivity contribution in [3.63, 3.8) is 0 Å². The van der Waals surface area contributed by atoms with Gasteiger partial charge in [-0.3, -0.25) is 14.5 Å². The van der Waals surface area contributed by atoms with Crippen molar-refractivity contribution in [2.75, 3.05) is 19.6 Å². The Hall–Kier alpha value is -0.900. The molecular formula is C19H34N2O2. The van der Waals surface area contributed by atoms with Crippen LogP contribution in [0.1, 0.15) is 66.2 Å². The van der Waals surface area contributed by atoms with Gasteiger partial charge in [0.05, 0.1) is 0 Å². The number of nitrogens with one attached hydrogen (secondary N) is 1. The fourth-order valence-electron chi connectivity index (χ4n) is 4.21. The quantitative estimate of drug-likeness (QED) is 0.846. The van der Waals surface area contributed by atoms with Gasteiger partial charge in [-0.2, -0.15) is 0 Å². The molecule has 0 spiro atoms. The number of ketones is 1. The number of likely N-dealkylation sites (tertiary alicyclic amines) is 1. The molecule has 2 aliphatic rings. The Morgan fingerprint density at radius 1 is 1.04 bits per heavy atom. The Morgan fingerprint density at radius 3 is 2.30 bits per heavy atom. The van der Waals surface area contributed by atoms with Crippen LogP contribution in [0.15, 0.2) is 0 Å². The molecule has 1 N–H and O–H groups in total. The van der Waals surface area contributed by atoms with Crippen molar-refractivity contribution in [2.24, 2.45) is 17.3 Å². The highest BCUT2D eigenvalue weighted by molar-refractivity contribution is 5.91. The second-order valence-corrected chi connectivity index (χ2v) is 8.28. The molecule has 3 atom stereocenters. The van der Waals surface area contributed by atoms with Gasteiger partial charge in [-0.25, -0.2) is 0 Å². The van der Waals surface area contributed by atoms with Crippen LogP contribution in [-0.2, 0) is 9.59 Å². The van der Waals surface area contributed by atoms with Crippen molar-refractivity contribution in [3.8, 4) is 0 Å². The summed E-state index contributed by atoms with van der Waals surface area (Å²) in [6.07, 6.45) is 6.27. The maximum absolute atomic E-state index is 12.7. The van der Waals surface area contributed by atoms with Gasteiger partial charge in [-0.15, -0.1) is 0 Å². The van der Waals surface area contributed by atoms with Gasteiger partial charge < -0.3 is 5.32 Å². The van der Waals surface area contributed by atoms with E-state index in [0.29, 0.717) is 6.04 Å². The number of carbonyl (C=O) groups is 2. The maximum atomic E-state index is 12.7. The SMILES string of the molecule is CCN1CCC[C@H]1CNC(=O)[C@@H]1CCCC[C@@H]1C(=O)C(C)(C)C. The molecule has 1 heterocycles. The molecule has 2 fully saturated rings. The third-order valence-electron chi connectivity index (χ3n) is 5.60. The monoisotopic (exact) mass is 322 g/mol. The largest absolute Gasteiger partial charge is 0.354 e. The van der Waals surface area contributed by atoms with Crippen molar-refractivity contribution in [1.29, 1.82) is 0 Å². The summed E-state index contributed by atoms with van der Waals surface area (Å²) in [5, 5.41) is 3.16. The standard InChI is InChI=1S/C19H34N2O2/c1-5-21-12-8-9-14(21)13-20-18(23)16-11-7-6-10-15(16)17(22)19(2,3)4/h14-16H,5-13H2,1-4H3,(H,20,23)/t14-,15-,16+/m0/s1. The summed E-state index contributed by atoms with van der Waals surface area (Å²) < 4.78 is 0. The fraction of sp³-hybridized carbons (Fsp3) is 0.895. The van der Waals surface area contributed by atoms with Crippen LogP contribution in [0.3, 0.4) is 0 Å². The zero-order valence-electron chi connectivity index (χ0n) is 15.4. The fourth-order valence-corrected chi connectivity index (χ4v) is 4.21. The molecule has 1 aliphatic carbocycles. The molecule has 0 aromatic carbocycles. The number of Topliss-reactive ketones (excluding diaryl/α,β-unsaturated/α-hetero) is 1. The predicted molar refractivity (Wildman–Crippen MR) is 93.2 cm³/mol. The molecule has 0 aromatic rings. The predicted octanol–water partition coefficient (Wildman–Crippen LogP) is 3.01. The number of hydrogen-bond donors (Lipinski definition) is 1. The van der Waals surface area contributed by atoms with E-state index in [1.54, 1.807) is 0 Å². The van der Waals surface area contributed by atoms with Gasteiger partial charge >= 0.3 is 0 Å². The first kappa shape index (κ1) is 18.4. The highest BCUT2D eigenvalue weighted by Gasteiger charge is 2.40. The van der Waals surface area contributed by atoms with E-state index < -0.39 is 0 Å². The summed E-state index contributed by atoms with van der Waals surface area (Å²) in [4.78, 5) is 27.9. The van der Waals surface area contributed by atoms with Crippen LogP contribution in [-0.4, -0.2) is 42.3 Å². The van der Waals surface area contributed by atoms with E-state index in [2.05, 4.69) is 17.1 Å². The van der Waals surface area contributed by atoms with Gasteiger partial charge in [-0.1, -0.05) is 40.5 Å². The lowest BCUT2D eigenvalue weighted by molar-refractivity contribution is -0.140. The van der Waals surface area contributed by atoms with Crippen molar-refractivity contribution < 1.29 is 9.59 Å². The van der Waals surface area contributed by atoms with Crippen LogP contribution in [0.5, 0.6) is 0 Å². The minimum atomic E-state index is -0.356. The summed E-state index contributed by atoms with van der Waals surface area (Å²) in [6.45, 7) is 11.0. The molecule has 0 bridgehead atoms. The second kappa shape index (κ2) is 7.78. The summed E-state index contributed by atoms with van der Waals surface area (Å²) in [5.74, 6) is 0.158. The molecule has 1 amide bonds. The van der Waals surface area contributed by atoms with Crippen LogP contribution in [0.25, 0.3) is 0 Å². The topological polar surface area (TPSA) is 49.4 Å². The Bertz CT molecular complexity index is 428. The second-order valence-electron chi connectivity index (χ2n) is 8.28. The van der Waals surface area contributed by atoms with Crippen molar-refractivity contribution in [1.82, 2.24) is 10.2 Å². The summed E-state index contributed by atoms with van der Waals surface area (Å²) in [6, 6.07) is 0.476. The molecule has 4 nitrogen and oxygen atoms in total. The van der Waals surface area contributed by atoms with Gasteiger partial charge in [-0.05, 0) is 38.8 Å². The third kappa shape index (κ3) is 4.56. The molecule has 2 rings (SSSR count). The summed E-state index contributed by atoms with van der Waals surface area (Å²) in [7, 11) is 0. The van der Waals surface area contributed by atoms with E-state index in [9.17, 15) is 9.59 Å². The molecule has 0 radical (unpaired) electrons. The first-order valence-corrected chi connectivity index (χ1v) is 9.40. The molecule has 132 valence electrons. The number of amides is 1. The van der Waals surface area contributed by atoms with Crippen LogP contribution >= 0.6 is 0 Å². The minimum absolute atomic E-state index is 0.0883. The minimum Gasteiger partial charge on any atom is -0.354 e. The molecule has 1 saturated carbocycles. The number of hydrogen-bond acceptors (Lipinski definition) is 3. The molecular weight excluding hydrogens is 288 g/mol. The third-order valence-corrected chi connectivity index (χ3v) is 5.60. The average Bonchev–Trinajstić information content (AvgIpc) is 2.98. The van der Waals surface area contributed by atoms with Gasteiger partial charge in [0, 0.05) is 29.8 Å². The maximum Gasteiger partial charge on any atom is 0.223 e. The lowest BCUT2D eigenvalue weighted by atomic mass is 9.70. The number of carbonyl (C=O) groups excluding carboxylic acids is 2. The molecule has 1 saturated heterocycles. The smallest absolute Gasteiger partial charge is 0.223 e. The van der Waals surface area contributed by atoms with E-state index in [1.165, 1.54) is 12.8 Å². The first-order valence-electron chi connectivity index (χ1n) is 9.40. The van der Waals surface area contributed by atoms with E-state index in [4.69, 9.17) is 0 Å². The Balaban J connectivity index is 1.94. The van der Waals surface area contributed by atoms with Gasteiger partial charge in [0.15, 0.2) is 0 Å². The number of nitrogens with zero attached hydrogens (tertiary/aromatic N) is 1. The normalized spacial score (nSPS) is 29.5. The van der Waals surface area contributed by atoms with Gasteiger partial charge in [0.1, 0.15) is 5.78 Å².